The summed E-state index contributed by atoms with van der Waals surface area (Å²) in [5, 5.41) is 19.5. The molecular formula is C26H37NO3S. The molecule has 1 aromatic rings. The lowest BCUT2D eigenvalue weighted by molar-refractivity contribution is 0.0600. The van der Waals surface area contributed by atoms with E-state index in [0.717, 1.165) is 6.42 Å². The Kier molecular flexibility index (Phi) is 15.4. The number of aliphatic hydroxyl groups is 1. The first-order valence-electron chi connectivity index (χ1n) is 11.3. The number of ether oxygens (including phenoxy) is 1. The lowest BCUT2D eigenvalue weighted by Crippen LogP contribution is -2.14. The topological polar surface area (TPSA) is 70.3 Å². The number of carbonyl (C=O) groups excluding carboxylic acids is 1. The number of esters is 1. The van der Waals surface area contributed by atoms with Crippen molar-refractivity contribution in [2.24, 2.45) is 0 Å². The van der Waals surface area contributed by atoms with Gasteiger partial charge in [0.25, 0.3) is 0 Å². The summed E-state index contributed by atoms with van der Waals surface area (Å²) in [4.78, 5) is 11.8. The second kappa shape index (κ2) is 17.6. The van der Waals surface area contributed by atoms with Crippen LogP contribution in [0.4, 0.5) is 0 Å². The highest BCUT2D eigenvalue weighted by Crippen LogP contribution is 2.29. The van der Waals surface area contributed by atoms with Crippen LogP contribution in [0.1, 0.15) is 86.7 Å². The van der Waals surface area contributed by atoms with Crippen molar-refractivity contribution in [1.29, 1.82) is 5.26 Å². The maximum absolute atomic E-state index is 11.8. The molecule has 170 valence electrons. The zero-order valence-corrected chi connectivity index (χ0v) is 19.8. The Morgan fingerprint density at radius 3 is 2.65 bits per heavy atom. The van der Waals surface area contributed by atoms with Gasteiger partial charge < -0.3 is 9.84 Å². The molecule has 4 nitrogen and oxygen atoms in total. The normalized spacial score (nSPS) is 13.4. The Balaban J connectivity index is 2.60. The van der Waals surface area contributed by atoms with E-state index < -0.39 is 12.1 Å². The zero-order chi connectivity index (χ0) is 22.7. The van der Waals surface area contributed by atoms with Crippen LogP contribution in [0.2, 0.25) is 0 Å². The average Bonchev–Trinajstić information content (AvgIpc) is 2.80. The number of hydrogen-bond acceptors (Lipinski definition) is 5. The van der Waals surface area contributed by atoms with Crippen molar-refractivity contribution < 1.29 is 14.6 Å². The highest BCUT2D eigenvalue weighted by Gasteiger charge is 2.20. The summed E-state index contributed by atoms with van der Waals surface area (Å²) in [5.41, 5.74) is 1.08. The largest absolute Gasteiger partial charge is 0.465 e. The number of rotatable bonds is 16. The van der Waals surface area contributed by atoms with E-state index in [9.17, 15) is 9.90 Å². The molecule has 1 aromatic carbocycles. The fourth-order valence-electron chi connectivity index (χ4n) is 3.22. The van der Waals surface area contributed by atoms with E-state index >= 15 is 0 Å². The van der Waals surface area contributed by atoms with Gasteiger partial charge in [-0.2, -0.15) is 17.0 Å². The molecule has 0 saturated heterocycles. The van der Waals surface area contributed by atoms with Gasteiger partial charge in [-0.3, -0.25) is 0 Å². The third-order valence-corrected chi connectivity index (χ3v) is 6.25. The van der Waals surface area contributed by atoms with E-state index in [0.29, 0.717) is 23.3 Å². The number of benzene rings is 1. The van der Waals surface area contributed by atoms with Crippen LogP contribution in [-0.4, -0.2) is 29.2 Å². The molecule has 1 N–H and O–H groups in total. The summed E-state index contributed by atoms with van der Waals surface area (Å²) in [7, 11) is 1.34. The number of unbranched alkanes of at least 4 members (excludes halogenated alkanes) is 7. The van der Waals surface area contributed by atoms with Crippen molar-refractivity contribution >= 4 is 17.7 Å². The summed E-state index contributed by atoms with van der Waals surface area (Å²) < 4.78 is 4.77. The van der Waals surface area contributed by atoms with Crippen molar-refractivity contribution in [3.05, 3.63) is 59.7 Å². The first-order chi connectivity index (χ1) is 15.1. The van der Waals surface area contributed by atoms with Crippen molar-refractivity contribution in [1.82, 2.24) is 0 Å². The van der Waals surface area contributed by atoms with Crippen LogP contribution in [0.15, 0.2) is 48.6 Å². The molecule has 0 fully saturated rings. The SMILES string of the molecule is CCCCCCCCC/C=C\C=C\[C@@H](SCCC#N)[C@@H](O)c1cccc(C(=O)OC)c1. The molecule has 0 radical (unpaired) electrons. The standard InChI is InChI=1S/C26H37NO3S/c1-3-4-5-6-7-8-9-10-11-12-13-18-24(31-20-15-19-27)25(28)22-16-14-17-23(21-22)26(29)30-2/h11-14,16-18,21,24-25,28H,3-10,15,20H2,1-2H3/b12-11-,18-13+/t24-,25+/m1/s1. The minimum absolute atomic E-state index is 0.204. The van der Waals surface area contributed by atoms with Crippen LogP contribution in [-0.2, 0) is 4.74 Å². The molecule has 0 aromatic heterocycles. The molecule has 0 bridgehead atoms. The first-order valence-corrected chi connectivity index (χ1v) is 12.4. The summed E-state index contributed by atoms with van der Waals surface area (Å²) >= 11 is 1.54. The molecule has 1 rings (SSSR count). The molecule has 0 spiro atoms. The van der Waals surface area contributed by atoms with E-state index in [1.54, 1.807) is 36.0 Å². The van der Waals surface area contributed by atoms with Gasteiger partial charge in [-0.25, -0.2) is 4.79 Å². The van der Waals surface area contributed by atoms with Crippen molar-refractivity contribution in [2.45, 2.75) is 76.1 Å². The fraction of sp³-hybridized carbons (Fsp3) is 0.538. The van der Waals surface area contributed by atoms with E-state index in [1.165, 1.54) is 52.1 Å². The van der Waals surface area contributed by atoms with Gasteiger partial charge in [-0.15, -0.1) is 0 Å². The van der Waals surface area contributed by atoms with E-state index in [1.807, 2.05) is 18.2 Å². The molecule has 0 amide bonds. The third kappa shape index (κ3) is 11.8. The van der Waals surface area contributed by atoms with Gasteiger partial charge in [0.1, 0.15) is 0 Å². The van der Waals surface area contributed by atoms with E-state index in [2.05, 4.69) is 19.1 Å². The van der Waals surface area contributed by atoms with E-state index in [4.69, 9.17) is 10.00 Å². The van der Waals surface area contributed by atoms with Gasteiger partial charge >= 0.3 is 5.97 Å². The number of methoxy groups -OCH3 is 1. The summed E-state index contributed by atoms with van der Waals surface area (Å²) in [6.07, 6.45) is 18.0. The van der Waals surface area contributed by atoms with Crippen LogP contribution < -0.4 is 0 Å². The molecule has 0 aliphatic heterocycles. The van der Waals surface area contributed by atoms with Crippen LogP contribution >= 0.6 is 11.8 Å². The van der Waals surface area contributed by atoms with Gasteiger partial charge in [-0.05, 0) is 30.5 Å². The zero-order valence-electron chi connectivity index (χ0n) is 19.0. The van der Waals surface area contributed by atoms with Gasteiger partial charge in [0.05, 0.1) is 30.1 Å². The van der Waals surface area contributed by atoms with Crippen LogP contribution in [0.3, 0.4) is 0 Å². The summed E-state index contributed by atoms with van der Waals surface area (Å²) in [6.45, 7) is 2.24. The molecule has 0 aliphatic carbocycles. The molecule has 0 unspecified atom stereocenters. The predicted octanol–water partition coefficient (Wildman–Crippen LogP) is 6.78. The maximum atomic E-state index is 11.8. The Hall–Kier alpha value is -2.03. The Morgan fingerprint density at radius 2 is 1.94 bits per heavy atom. The van der Waals surface area contributed by atoms with Crippen LogP contribution in [0.5, 0.6) is 0 Å². The molecule has 0 aliphatic rings. The Bertz CT molecular complexity index is 724. The third-order valence-electron chi connectivity index (χ3n) is 5.01. The number of thioether (sulfide) groups is 1. The smallest absolute Gasteiger partial charge is 0.337 e. The van der Waals surface area contributed by atoms with Crippen LogP contribution in [0.25, 0.3) is 0 Å². The lowest BCUT2D eigenvalue weighted by atomic mass is 10.0. The van der Waals surface area contributed by atoms with Crippen molar-refractivity contribution in [2.75, 3.05) is 12.9 Å². The van der Waals surface area contributed by atoms with Gasteiger partial charge in [0, 0.05) is 12.2 Å². The summed E-state index contributed by atoms with van der Waals surface area (Å²) in [5.74, 6) is 0.215. The van der Waals surface area contributed by atoms with Crippen molar-refractivity contribution in [3.8, 4) is 6.07 Å². The molecule has 2 atom stereocenters. The van der Waals surface area contributed by atoms with E-state index in [-0.39, 0.29) is 5.25 Å². The van der Waals surface area contributed by atoms with Crippen molar-refractivity contribution in [3.63, 3.8) is 0 Å². The monoisotopic (exact) mass is 443 g/mol. The number of aliphatic hydroxyl groups excluding tert-OH is 1. The van der Waals surface area contributed by atoms with Crippen LogP contribution in [0, 0.1) is 11.3 Å². The molecular weight excluding hydrogens is 406 g/mol. The number of nitrogens with zero attached hydrogens (tertiary/aromatic N) is 1. The van der Waals surface area contributed by atoms with Gasteiger partial charge in [0.2, 0.25) is 0 Å². The maximum Gasteiger partial charge on any atom is 0.337 e. The molecule has 0 saturated carbocycles. The van der Waals surface area contributed by atoms with Gasteiger partial charge in [-0.1, -0.05) is 81.9 Å². The molecule has 0 heterocycles. The fourth-order valence-corrected chi connectivity index (χ4v) is 4.24. The molecule has 31 heavy (non-hydrogen) atoms. The minimum Gasteiger partial charge on any atom is -0.465 e. The first kappa shape index (κ1) is 27.0. The number of nitriles is 1. The predicted molar refractivity (Wildman–Crippen MR) is 130 cm³/mol. The number of hydrogen-bond donors (Lipinski definition) is 1. The minimum atomic E-state index is -0.777. The Morgan fingerprint density at radius 1 is 1.19 bits per heavy atom. The van der Waals surface area contributed by atoms with Gasteiger partial charge in [0.15, 0.2) is 0 Å². The summed E-state index contributed by atoms with van der Waals surface area (Å²) in [6, 6.07) is 9.03. The average molecular weight is 444 g/mol. The lowest BCUT2D eigenvalue weighted by Gasteiger charge is -2.20. The second-order valence-corrected chi connectivity index (χ2v) is 8.81. The quantitative estimate of drug-likeness (QED) is 0.173. The number of allylic oxidation sites excluding steroid dienone is 3. The second-order valence-electron chi connectivity index (χ2n) is 7.53. The number of carbonyl (C=O) groups is 1. The highest BCUT2D eigenvalue weighted by molar-refractivity contribution is 8.00. The molecule has 5 heteroatoms. The Labute approximate surface area is 192 Å². The highest BCUT2D eigenvalue weighted by atomic mass is 32.2.